The van der Waals surface area contributed by atoms with E-state index in [2.05, 4.69) is 15.2 Å². The Kier molecular flexibility index (Phi) is 9.08. The molecule has 1 amide bonds. The van der Waals surface area contributed by atoms with Gasteiger partial charge in [0.1, 0.15) is 23.3 Å². The normalized spacial score (nSPS) is 17.3. The summed E-state index contributed by atoms with van der Waals surface area (Å²) >= 11 is 1.26. The van der Waals surface area contributed by atoms with E-state index in [0.29, 0.717) is 9.90 Å². The number of hydrogen-bond acceptors (Lipinski definition) is 14. The van der Waals surface area contributed by atoms with E-state index < -0.39 is 44.6 Å². The summed E-state index contributed by atoms with van der Waals surface area (Å²) in [6.07, 6.45) is 1.23. The predicted molar refractivity (Wildman–Crippen MR) is 147 cm³/mol. The Morgan fingerprint density at radius 3 is 2.55 bits per heavy atom. The highest BCUT2D eigenvalue weighted by Gasteiger charge is 2.52. The van der Waals surface area contributed by atoms with Gasteiger partial charge in [-0.2, -0.15) is 0 Å². The minimum atomic E-state index is -1.04. The molecule has 14 nitrogen and oxygen atoms in total. The number of benzene rings is 2. The lowest BCUT2D eigenvalue weighted by Gasteiger charge is -2.44. The number of nitro benzene ring substituents is 2. The lowest BCUT2D eigenvalue weighted by Crippen LogP contribution is -2.62. The van der Waals surface area contributed by atoms with Gasteiger partial charge in [-0.25, -0.2) is 4.79 Å². The summed E-state index contributed by atoms with van der Waals surface area (Å²) in [4.78, 5) is 52.6. The lowest BCUT2D eigenvalue weighted by molar-refractivity contribution is -0.385. The van der Waals surface area contributed by atoms with Crippen LogP contribution in [0.25, 0.3) is 0 Å². The molecule has 0 saturated carbocycles. The van der Waals surface area contributed by atoms with E-state index >= 15 is 0 Å². The van der Waals surface area contributed by atoms with Crippen molar-refractivity contribution < 1.29 is 29.3 Å². The molecule has 17 heteroatoms. The van der Waals surface area contributed by atoms with Gasteiger partial charge in [0, 0.05) is 24.4 Å². The molecule has 1 aliphatic rings. The third-order valence-electron chi connectivity index (χ3n) is 5.37. The third-order valence-corrected chi connectivity index (χ3v) is 9.05. The summed E-state index contributed by atoms with van der Waals surface area (Å²) in [5.74, 6) is -2.12. The maximum absolute atomic E-state index is 13.2. The van der Waals surface area contributed by atoms with E-state index in [1.54, 1.807) is 6.07 Å². The van der Waals surface area contributed by atoms with Crippen molar-refractivity contribution in [3.05, 3.63) is 96.9 Å². The maximum Gasteiger partial charge on any atom is 0.358 e. The molecule has 0 aliphatic carbocycles. The molecule has 1 aliphatic heterocycles. The molecule has 2 heterocycles. The number of amides is 1. The number of likely N-dealkylation sites (tertiary alicyclic amines) is 1. The van der Waals surface area contributed by atoms with E-state index in [9.17, 15) is 34.9 Å². The molecule has 1 saturated heterocycles. The minimum absolute atomic E-state index is 0.131. The molecule has 1 fully saturated rings. The zero-order valence-corrected chi connectivity index (χ0v) is 22.8. The number of hydrogen-bond donors (Lipinski definition) is 1. The van der Waals surface area contributed by atoms with E-state index in [0.717, 1.165) is 15.7 Å². The number of allylic oxidation sites excluding steroid dienone is 1. The number of non-ortho nitro benzene ring substituents is 1. The van der Waals surface area contributed by atoms with Crippen LogP contribution in [0.1, 0.15) is 18.1 Å². The van der Waals surface area contributed by atoms with Crippen LogP contribution in [0, 0.1) is 20.2 Å². The van der Waals surface area contributed by atoms with Crippen molar-refractivity contribution in [3.63, 3.8) is 0 Å². The summed E-state index contributed by atoms with van der Waals surface area (Å²) in [6, 6.07) is 10.2. The maximum atomic E-state index is 13.2. The summed E-state index contributed by atoms with van der Waals surface area (Å²) in [5, 5.41) is 39.4. The van der Waals surface area contributed by atoms with Crippen LogP contribution in [-0.4, -0.2) is 59.6 Å². The van der Waals surface area contributed by atoms with Crippen LogP contribution in [0.15, 0.2) is 74.8 Å². The highest BCUT2D eigenvalue weighted by Crippen LogP contribution is 2.45. The van der Waals surface area contributed by atoms with Gasteiger partial charge in [0.15, 0.2) is 16.1 Å². The average Bonchev–Trinajstić information content (AvgIpc) is 3.46. The van der Waals surface area contributed by atoms with Crippen LogP contribution in [-0.2, 0) is 20.9 Å². The Morgan fingerprint density at radius 2 is 1.93 bits per heavy atom. The zero-order valence-electron chi connectivity index (χ0n) is 20.3. The molecule has 0 spiro atoms. The van der Waals surface area contributed by atoms with Gasteiger partial charge in [-0.15, -0.1) is 10.2 Å². The minimum Gasteiger partial charge on any atom is -0.510 e. The fourth-order valence-corrected chi connectivity index (χ4v) is 6.82. The molecule has 2 atom stereocenters. The number of aliphatic hydroxyl groups excluding tert-OH is 1. The van der Waals surface area contributed by atoms with Crippen molar-refractivity contribution in [1.29, 1.82) is 0 Å². The first-order chi connectivity index (χ1) is 19.2. The first-order valence-corrected chi connectivity index (χ1v) is 14.3. The second kappa shape index (κ2) is 12.7. The van der Waals surface area contributed by atoms with Crippen LogP contribution >= 0.6 is 32.9 Å². The van der Waals surface area contributed by atoms with Crippen LogP contribution in [0.5, 0.6) is 0 Å². The Hall–Kier alpha value is -4.35. The van der Waals surface area contributed by atoms with E-state index in [4.69, 9.17) is 4.74 Å². The first-order valence-electron chi connectivity index (χ1n) is 11.2. The molecule has 1 aromatic heterocycles. The molecule has 4 rings (SSSR count). The summed E-state index contributed by atoms with van der Waals surface area (Å²) in [7, 11) is 2.31. The molecular weight excluding hydrogens is 584 g/mol. The molecule has 1 N–H and O–H groups in total. The monoisotopic (exact) mass is 602 g/mol. The van der Waals surface area contributed by atoms with Gasteiger partial charge in [0.2, 0.25) is 0 Å². The van der Waals surface area contributed by atoms with Crippen molar-refractivity contribution in [2.75, 3.05) is 0 Å². The van der Waals surface area contributed by atoms with Gasteiger partial charge in [-0.3, -0.25) is 34.9 Å². The number of ether oxygens (including phenoxy) is 1. The molecule has 0 bridgehead atoms. The molecule has 2 aromatic carbocycles. The van der Waals surface area contributed by atoms with Crippen LogP contribution < -0.4 is 0 Å². The zero-order chi connectivity index (χ0) is 28.8. The fourth-order valence-electron chi connectivity index (χ4n) is 3.48. The first kappa shape index (κ1) is 28.7. The number of carbonyl (C=O) groups excluding carboxylic acids is 2. The number of carbonyl (C=O) groups is 2. The Balaban J connectivity index is 1.55. The Bertz CT molecular complexity index is 1490. The van der Waals surface area contributed by atoms with Gasteiger partial charge in [-0.05, 0) is 41.5 Å². The van der Waals surface area contributed by atoms with Crippen molar-refractivity contribution in [2.45, 2.75) is 29.3 Å². The molecule has 206 valence electrons. The van der Waals surface area contributed by atoms with E-state index in [-0.39, 0.29) is 23.5 Å². The summed E-state index contributed by atoms with van der Waals surface area (Å²) < 4.78 is 5.86. The highest BCUT2D eigenvalue weighted by molar-refractivity contribution is 8.77. The lowest BCUT2D eigenvalue weighted by atomic mass is 10.1. The van der Waals surface area contributed by atoms with Gasteiger partial charge in [0.05, 0.1) is 15.4 Å². The average molecular weight is 603 g/mol. The number of esters is 1. The second-order valence-corrected chi connectivity index (χ2v) is 11.4. The Labute approximate surface area is 237 Å². The molecule has 0 radical (unpaired) electrons. The highest BCUT2D eigenvalue weighted by atomic mass is 33.1. The van der Waals surface area contributed by atoms with Crippen LogP contribution in [0.4, 0.5) is 11.4 Å². The molecule has 2 unspecified atom stereocenters. The van der Waals surface area contributed by atoms with Crippen molar-refractivity contribution in [3.8, 4) is 0 Å². The number of β-lactam (4-membered cyclic amide) rings is 1. The number of nitro groups is 2. The summed E-state index contributed by atoms with van der Waals surface area (Å²) in [6.45, 7) is 0.950. The topological polar surface area (TPSA) is 191 Å². The largest absolute Gasteiger partial charge is 0.510 e. The number of aliphatic imine (C=N–C) groups is 1. The van der Waals surface area contributed by atoms with Gasteiger partial charge in [0.25, 0.3) is 17.3 Å². The number of para-hydroxylation sites is 1. The van der Waals surface area contributed by atoms with Gasteiger partial charge in [-0.1, -0.05) is 34.3 Å². The Morgan fingerprint density at radius 1 is 1.20 bits per heavy atom. The van der Waals surface area contributed by atoms with E-state index in [1.165, 1.54) is 83.2 Å². The quantitative estimate of drug-likeness (QED) is 0.0479. The third kappa shape index (κ3) is 6.44. The standard InChI is InChI=1S/C23H18N6O8S3/c1-13(30)19(22(32)37-11-14-6-8-16(9-7-14)28(33)34)27-20(31)18(21(27)39-40-23-26-25-12-38-23)24-10-15-4-2-3-5-17(15)29(35)36/h2-10,12,18,21,30H,11H2,1H3/b19-13-,24-10?. The smallest absolute Gasteiger partial charge is 0.358 e. The number of aliphatic hydroxyl groups is 1. The SMILES string of the molecule is C/C(O)=C(\C(=O)OCc1ccc([N+](=O)[O-])cc1)N1C(=O)C(N=Cc2ccccc2[N+](=O)[O-])C1SSc1nncs1. The van der Waals surface area contributed by atoms with Crippen LogP contribution in [0.3, 0.4) is 0 Å². The van der Waals surface area contributed by atoms with E-state index in [1.807, 2.05) is 0 Å². The predicted octanol–water partition coefficient (Wildman–Crippen LogP) is 4.28. The fraction of sp³-hybridized carbons (Fsp3) is 0.174. The van der Waals surface area contributed by atoms with Crippen molar-refractivity contribution in [1.82, 2.24) is 15.1 Å². The second-order valence-electron chi connectivity index (χ2n) is 7.96. The van der Waals surface area contributed by atoms with Crippen LogP contribution in [0.2, 0.25) is 0 Å². The van der Waals surface area contributed by atoms with Crippen molar-refractivity contribution in [2.24, 2.45) is 4.99 Å². The number of aromatic nitrogens is 2. The number of nitrogens with zero attached hydrogens (tertiary/aromatic N) is 6. The van der Waals surface area contributed by atoms with Gasteiger partial charge < -0.3 is 9.84 Å². The molecular formula is C23H18N6O8S3. The molecule has 40 heavy (non-hydrogen) atoms. The molecule has 3 aromatic rings. The summed E-state index contributed by atoms with van der Waals surface area (Å²) in [5.41, 5.74) is 1.44. The van der Waals surface area contributed by atoms with Gasteiger partial charge >= 0.3 is 5.97 Å². The number of rotatable bonds is 11. The van der Waals surface area contributed by atoms with Crippen molar-refractivity contribution >= 4 is 62.4 Å².